The van der Waals surface area contributed by atoms with Crippen molar-refractivity contribution in [2.45, 2.75) is 31.1 Å². The van der Waals surface area contributed by atoms with E-state index in [1.807, 2.05) is 0 Å². The fraction of sp³-hybridized carbons (Fsp3) is 0.889. The molecule has 0 aromatic heterocycles. The van der Waals surface area contributed by atoms with Crippen LogP contribution in [0.1, 0.15) is 25.7 Å². The molecule has 1 amide bonds. The summed E-state index contributed by atoms with van der Waals surface area (Å²) in [6.07, 6.45) is 4.70. The number of halogens is 1. The smallest absolute Gasteiger partial charge is 0.240 e. The van der Waals surface area contributed by atoms with Crippen molar-refractivity contribution >= 4 is 17.5 Å². The Kier molecular flexibility index (Phi) is 3.39. The van der Waals surface area contributed by atoms with E-state index in [4.69, 9.17) is 11.6 Å². The molecule has 0 aliphatic heterocycles. The monoisotopic (exact) mass is 189 g/mol. The molecule has 1 atom stereocenters. The molecular weight excluding hydrogens is 174 g/mol. The third-order valence-electron chi connectivity index (χ3n) is 2.49. The van der Waals surface area contributed by atoms with Crippen LogP contribution >= 0.6 is 11.6 Å². The molecule has 1 aliphatic carbocycles. The van der Waals surface area contributed by atoms with Gasteiger partial charge in [0.1, 0.15) is 5.38 Å². The van der Waals surface area contributed by atoms with E-state index in [9.17, 15) is 4.79 Å². The van der Waals surface area contributed by atoms with E-state index in [1.54, 1.807) is 19.0 Å². The van der Waals surface area contributed by atoms with Crippen molar-refractivity contribution in [3.05, 3.63) is 0 Å². The fourth-order valence-electron chi connectivity index (χ4n) is 1.70. The van der Waals surface area contributed by atoms with Crippen LogP contribution in [-0.2, 0) is 4.79 Å². The Labute approximate surface area is 78.9 Å². The highest BCUT2D eigenvalue weighted by Gasteiger charge is 2.29. The number of carbonyl (C=O) groups excluding carboxylic acids is 1. The Morgan fingerprint density at radius 2 is 1.92 bits per heavy atom. The molecule has 1 rings (SSSR count). The molecule has 0 aromatic rings. The summed E-state index contributed by atoms with van der Waals surface area (Å²) in [6.45, 7) is 0. The van der Waals surface area contributed by atoms with Gasteiger partial charge in [0.25, 0.3) is 0 Å². The van der Waals surface area contributed by atoms with Gasteiger partial charge in [0, 0.05) is 14.1 Å². The number of nitrogens with zero attached hydrogens (tertiary/aromatic N) is 1. The molecule has 0 aromatic carbocycles. The summed E-state index contributed by atoms with van der Waals surface area (Å²) in [5, 5.41) is -0.289. The van der Waals surface area contributed by atoms with Gasteiger partial charge in [0.15, 0.2) is 0 Å². The minimum Gasteiger partial charge on any atom is -0.348 e. The van der Waals surface area contributed by atoms with E-state index in [0.29, 0.717) is 5.92 Å². The third-order valence-corrected chi connectivity index (χ3v) is 3.03. The standard InChI is InChI=1S/C9H16ClNO/c1-11(2)9(12)8(10)7-5-3-4-6-7/h7-8H,3-6H2,1-2H3. The lowest BCUT2D eigenvalue weighted by Gasteiger charge is -2.19. The SMILES string of the molecule is CN(C)C(=O)C(Cl)C1CCCC1. The van der Waals surface area contributed by atoms with Crippen LogP contribution in [0.3, 0.4) is 0 Å². The van der Waals surface area contributed by atoms with Gasteiger partial charge in [0.05, 0.1) is 0 Å². The predicted molar refractivity (Wildman–Crippen MR) is 50.3 cm³/mol. The van der Waals surface area contributed by atoms with Crippen LogP contribution in [0.5, 0.6) is 0 Å². The first-order valence-corrected chi connectivity index (χ1v) is 4.92. The van der Waals surface area contributed by atoms with Gasteiger partial charge in [-0.15, -0.1) is 11.6 Å². The van der Waals surface area contributed by atoms with Crippen LogP contribution in [-0.4, -0.2) is 30.3 Å². The molecule has 1 saturated carbocycles. The molecule has 0 heterocycles. The molecule has 0 bridgehead atoms. The Hall–Kier alpha value is -0.240. The molecule has 3 heteroatoms. The maximum Gasteiger partial charge on any atom is 0.240 e. The second kappa shape index (κ2) is 4.13. The van der Waals surface area contributed by atoms with Crippen LogP contribution < -0.4 is 0 Å². The molecule has 70 valence electrons. The molecule has 1 fully saturated rings. The normalized spacial score (nSPS) is 20.9. The second-order valence-electron chi connectivity index (χ2n) is 3.68. The number of carbonyl (C=O) groups is 1. The van der Waals surface area contributed by atoms with Gasteiger partial charge in [-0.3, -0.25) is 4.79 Å². The minimum atomic E-state index is -0.289. The van der Waals surface area contributed by atoms with Crippen molar-refractivity contribution in [2.24, 2.45) is 5.92 Å². The summed E-state index contributed by atoms with van der Waals surface area (Å²) < 4.78 is 0. The van der Waals surface area contributed by atoms with Crippen molar-refractivity contribution < 1.29 is 4.79 Å². The second-order valence-corrected chi connectivity index (χ2v) is 4.15. The van der Waals surface area contributed by atoms with E-state index in [1.165, 1.54) is 12.8 Å². The van der Waals surface area contributed by atoms with Gasteiger partial charge < -0.3 is 4.90 Å². The van der Waals surface area contributed by atoms with Crippen molar-refractivity contribution in [2.75, 3.05) is 14.1 Å². The average molecular weight is 190 g/mol. The van der Waals surface area contributed by atoms with Gasteiger partial charge in [-0.05, 0) is 18.8 Å². The Morgan fingerprint density at radius 3 is 2.33 bits per heavy atom. The number of alkyl halides is 1. The topological polar surface area (TPSA) is 20.3 Å². The van der Waals surface area contributed by atoms with Gasteiger partial charge >= 0.3 is 0 Å². The number of amides is 1. The molecular formula is C9H16ClNO. The fourth-order valence-corrected chi connectivity index (χ4v) is 2.15. The molecule has 2 nitrogen and oxygen atoms in total. The predicted octanol–water partition coefficient (Wildman–Crippen LogP) is 1.87. The van der Waals surface area contributed by atoms with Crippen molar-refractivity contribution in [3.8, 4) is 0 Å². The summed E-state index contributed by atoms with van der Waals surface area (Å²) in [5.74, 6) is 0.477. The van der Waals surface area contributed by atoms with Crippen LogP contribution in [0.25, 0.3) is 0 Å². The van der Waals surface area contributed by atoms with E-state index in [2.05, 4.69) is 0 Å². The van der Waals surface area contributed by atoms with Crippen molar-refractivity contribution in [3.63, 3.8) is 0 Å². The molecule has 0 saturated heterocycles. The van der Waals surface area contributed by atoms with Gasteiger partial charge in [0.2, 0.25) is 5.91 Å². The number of rotatable bonds is 2. The maximum absolute atomic E-state index is 11.4. The van der Waals surface area contributed by atoms with Crippen molar-refractivity contribution in [1.29, 1.82) is 0 Å². The van der Waals surface area contributed by atoms with Crippen molar-refractivity contribution in [1.82, 2.24) is 4.90 Å². The van der Waals surface area contributed by atoms with Gasteiger partial charge in [-0.1, -0.05) is 12.8 Å². The Bertz CT molecular complexity index is 164. The zero-order valence-electron chi connectivity index (χ0n) is 7.72. The van der Waals surface area contributed by atoms with Crippen LogP contribution in [0.15, 0.2) is 0 Å². The van der Waals surface area contributed by atoms with Crippen LogP contribution in [0, 0.1) is 5.92 Å². The summed E-state index contributed by atoms with van der Waals surface area (Å²) >= 11 is 6.04. The molecule has 12 heavy (non-hydrogen) atoms. The van der Waals surface area contributed by atoms with E-state index in [-0.39, 0.29) is 11.3 Å². The van der Waals surface area contributed by atoms with Gasteiger partial charge in [-0.2, -0.15) is 0 Å². The highest BCUT2D eigenvalue weighted by molar-refractivity contribution is 6.30. The van der Waals surface area contributed by atoms with Crippen LogP contribution in [0.4, 0.5) is 0 Å². The highest BCUT2D eigenvalue weighted by Crippen LogP contribution is 2.31. The quantitative estimate of drug-likeness (QED) is 0.608. The number of hydrogen-bond donors (Lipinski definition) is 0. The maximum atomic E-state index is 11.4. The lowest BCUT2D eigenvalue weighted by Crippen LogP contribution is -2.34. The lowest BCUT2D eigenvalue weighted by molar-refractivity contribution is -0.129. The first kappa shape index (κ1) is 9.85. The van der Waals surface area contributed by atoms with E-state index >= 15 is 0 Å². The summed E-state index contributed by atoms with van der Waals surface area (Å²) in [4.78, 5) is 13.0. The first-order chi connectivity index (χ1) is 5.63. The molecule has 1 aliphatic rings. The number of hydrogen-bond acceptors (Lipinski definition) is 1. The minimum absolute atomic E-state index is 0.0589. The highest BCUT2D eigenvalue weighted by atomic mass is 35.5. The Morgan fingerprint density at radius 1 is 1.42 bits per heavy atom. The largest absolute Gasteiger partial charge is 0.348 e. The zero-order valence-corrected chi connectivity index (χ0v) is 8.47. The summed E-state index contributed by atoms with van der Waals surface area (Å²) in [7, 11) is 3.51. The Balaban J connectivity index is 2.45. The summed E-state index contributed by atoms with van der Waals surface area (Å²) in [5.41, 5.74) is 0. The molecule has 0 N–H and O–H groups in total. The lowest BCUT2D eigenvalue weighted by atomic mass is 10.0. The average Bonchev–Trinajstić information content (AvgIpc) is 2.53. The molecule has 0 spiro atoms. The zero-order chi connectivity index (χ0) is 9.14. The third kappa shape index (κ3) is 2.13. The van der Waals surface area contributed by atoms with E-state index in [0.717, 1.165) is 12.8 Å². The first-order valence-electron chi connectivity index (χ1n) is 4.48. The van der Waals surface area contributed by atoms with Crippen LogP contribution in [0.2, 0.25) is 0 Å². The van der Waals surface area contributed by atoms with Gasteiger partial charge in [-0.25, -0.2) is 0 Å². The molecule has 1 unspecified atom stereocenters. The summed E-state index contributed by atoms with van der Waals surface area (Å²) in [6, 6.07) is 0. The molecule has 0 radical (unpaired) electrons. The van der Waals surface area contributed by atoms with E-state index < -0.39 is 0 Å².